The van der Waals surface area contributed by atoms with Crippen LogP contribution in [0.25, 0.3) is 0 Å². The van der Waals surface area contributed by atoms with E-state index in [9.17, 15) is 30.3 Å². The first-order valence-electron chi connectivity index (χ1n) is 8.82. The van der Waals surface area contributed by atoms with E-state index in [1.165, 1.54) is 12.1 Å². The number of ether oxygens (including phenoxy) is 2. The first-order chi connectivity index (χ1) is 15.1. The molecule has 0 aliphatic carbocycles. The topological polar surface area (TPSA) is 187 Å². The fourth-order valence-corrected chi connectivity index (χ4v) is 2.59. The van der Waals surface area contributed by atoms with Gasteiger partial charge in [0, 0.05) is 0 Å². The Morgan fingerprint density at radius 1 is 0.719 bits per heavy atom. The lowest BCUT2D eigenvalue weighted by atomic mass is 10.2. The van der Waals surface area contributed by atoms with Crippen molar-refractivity contribution in [3.05, 3.63) is 95.8 Å². The normalized spacial score (nSPS) is 10.9. The molecule has 14 nitrogen and oxygen atoms in total. The molecule has 0 saturated carbocycles. The van der Waals surface area contributed by atoms with Crippen molar-refractivity contribution < 1.29 is 24.2 Å². The van der Waals surface area contributed by atoms with Crippen LogP contribution in [0.15, 0.2) is 48.5 Å². The monoisotopic (exact) mass is 442 g/mol. The maximum atomic E-state index is 11.5. The molecule has 0 N–H and O–H groups in total. The maximum absolute atomic E-state index is 11.5. The van der Waals surface area contributed by atoms with Gasteiger partial charge in [-0.2, -0.15) is 9.97 Å². The highest BCUT2D eigenvalue weighted by atomic mass is 16.7. The third-order valence-electron chi connectivity index (χ3n) is 4.06. The Morgan fingerprint density at radius 3 is 1.47 bits per heavy atom. The van der Waals surface area contributed by atoms with Crippen molar-refractivity contribution in [3.8, 4) is 23.5 Å². The predicted octanol–water partition coefficient (Wildman–Crippen LogP) is 3.01. The molecule has 3 rings (SSSR count). The van der Waals surface area contributed by atoms with E-state index in [0.29, 0.717) is 0 Å². The van der Waals surface area contributed by atoms with Gasteiger partial charge in [-0.3, -0.25) is 30.3 Å². The van der Waals surface area contributed by atoms with Crippen molar-refractivity contribution in [2.45, 2.75) is 19.6 Å². The minimum Gasteiger partial charge on any atom is -0.424 e. The Kier molecular flexibility index (Phi) is 5.86. The van der Waals surface area contributed by atoms with Gasteiger partial charge in [-0.1, -0.05) is 24.3 Å². The van der Waals surface area contributed by atoms with Crippen LogP contribution in [-0.4, -0.2) is 29.7 Å². The van der Waals surface area contributed by atoms with Gasteiger partial charge in [-0.25, -0.2) is 0 Å². The molecule has 0 bridgehead atoms. The summed E-state index contributed by atoms with van der Waals surface area (Å²) in [5.41, 5.74) is 1.56. The molecular weight excluding hydrogens is 428 g/mol. The lowest BCUT2D eigenvalue weighted by molar-refractivity contribution is -0.987. The van der Waals surface area contributed by atoms with E-state index in [-0.39, 0.29) is 11.5 Å². The van der Waals surface area contributed by atoms with Crippen LogP contribution in [0.1, 0.15) is 17.0 Å². The lowest BCUT2D eigenvalue weighted by Crippen LogP contribution is -2.51. The number of aryl methyl sites for hydroxylation is 2. The van der Waals surface area contributed by atoms with Gasteiger partial charge in [0.15, 0.2) is 14.8 Å². The van der Waals surface area contributed by atoms with Crippen molar-refractivity contribution in [3.63, 3.8) is 0 Å². The van der Waals surface area contributed by atoms with Crippen LogP contribution in [0.3, 0.4) is 0 Å². The Balaban J connectivity index is 2.18. The highest BCUT2D eigenvalue weighted by molar-refractivity contribution is 5.31. The molecule has 3 aromatic rings. The quantitative estimate of drug-likeness (QED) is 0.283. The molecule has 14 heteroatoms. The fourth-order valence-electron chi connectivity index (χ4n) is 2.59. The van der Waals surface area contributed by atoms with Crippen molar-refractivity contribution in [1.29, 1.82) is 0 Å². The maximum Gasteiger partial charge on any atom is 0.763 e. The summed E-state index contributed by atoms with van der Waals surface area (Å²) in [5.74, 6) is -5.13. The second kappa shape index (κ2) is 8.55. The highest BCUT2D eigenvalue weighted by Crippen LogP contribution is 2.29. The highest BCUT2D eigenvalue weighted by Gasteiger charge is 2.76. The van der Waals surface area contributed by atoms with Crippen molar-refractivity contribution >= 4 is 0 Å². The number of hydrogen-bond acceptors (Lipinski definition) is 11. The molecule has 0 amide bonds. The SMILES string of the molecule is Cc1cccc(Oc2nc(Oc3cccc(C)c3)nc(C([N+](=O)[O-])([N+](=O)[O-])[N+](=O)[O-])n2)c1. The first kappa shape index (κ1) is 21.9. The average molecular weight is 442 g/mol. The van der Waals surface area contributed by atoms with E-state index in [2.05, 4.69) is 15.0 Å². The standard InChI is InChI=1S/C18H14N6O8/c1-11-5-3-7-13(9-11)31-16-19-15(18(22(25)26,23(27)28)24(29)30)20-17(21-16)32-14-8-4-6-12(2)10-14/h3-10H,1-2H3. The zero-order valence-corrected chi connectivity index (χ0v) is 16.6. The third-order valence-corrected chi connectivity index (χ3v) is 4.06. The first-order valence-corrected chi connectivity index (χ1v) is 8.82. The number of aromatic nitrogens is 3. The van der Waals surface area contributed by atoms with Crippen LogP contribution in [0.4, 0.5) is 0 Å². The second-order valence-corrected chi connectivity index (χ2v) is 6.47. The zero-order chi connectivity index (χ0) is 23.5. The Labute approximate surface area is 178 Å². The molecule has 0 aliphatic heterocycles. The van der Waals surface area contributed by atoms with E-state index >= 15 is 0 Å². The molecule has 0 saturated heterocycles. The fraction of sp³-hybridized carbons (Fsp3) is 0.167. The Bertz CT molecular complexity index is 1120. The van der Waals surface area contributed by atoms with E-state index in [1.807, 2.05) is 0 Å². The molecule has 164 valence electrons. The number of hydrogen-bond donors (Lipinski definition) is 0. The van der Waals surface area contributed by atoms with Gasteiger partial charge < -0.3 is 9.47 Å². The van der Waals surface area contributed by atoms with Crippen LogP contribution in [0, 0.1) is 44.2 Å². The molecule has 1 aromatic heterocycles. The Morgan fingerprint density at radius 2 is 1.12 bits per heavy atom. The zero-order valence-electron chi connectivity index (χ0n) is 16.6. The van der Waals surface area contributed by atoms with E-state index in [1.54, 1.807) is 50.2 Å². The lowest BCUT2D eigenvalue weighted by Gasteiger charge is -2.11. The summed E-state index contributed by atoms with van der Waals surface area (Å²) in [6.45, 7) is 3.52. The number of benzene rings is 2. The molecular formula is C18H14N6O8. The van der Waals surface area contributed by atoms with Gasteiger partial charge in [0.2, 0.25) is 0 Å². The van der Waals surface area contributed by atoms with Crippen LogP contribution >= 0.6 is 0 Å². The number of nitrogens with zero attached hydrogens (tertiary/aromatic N) is 6. The number of nitro groups is 3. The molecule has 0 unspecified atom stereocenters. The summed E-state index contributed by atoms with van der Waals surface area (Å²) in [6.07, 6.45) is 0. The average Bonchev–Trinajstić information content (AvgIpc) is 2.67. The molecule has 1 heterocycles. The van der Waals surface area contributed by atoms with Gasteiger partial charge >= 0.3 is 23.6 Å². The largest absolute Gasteiger partial charge is 0.763 e. The molecule has 0 aliphatic rings. The van der Waals surface area contributed by atoms with Gasteiger partial charge in [-0.15, -0.1) is 4.98 Å². The minimum absolute atomic E-state index is 0.178. The van der Waals surface area contributed by atoms with Gasteiger partial charge in [0.05, 0.1) is 0 Å². The summed E-state index contributed by atoms with van der Waals surface area (Å²) >= 11 is 0. The van der Waals surface area contributed by atoms with E-state index in [4.69, 9.17) is 9.47 Å². The third kappa shape index (κ3) is 4.23. The molecule has 0 spiro atoms. The van der Waals surface area contributed by atoms with Gasteiger partial charge in [0.1, 0.15) is 11.5 Å². The smallest absolute Gasteiger partial charge is 0.424 e. The van der Waals surface area contributed by atoms with Crippen LogP contribution in [-0.2, 0) is 5.79 Å². The predicted molar refractivity (Wildman–Crippen MR) is 105 cm³/mol. The molecule has 32 heavy (non-hydrogen) atoms. The molecule has 0 radical (unpaired) electrons. The summed E-state index contributed by atoms with van der Waals surface area (Å²) in [6, 6.07) is 11.6. The minimum atomic E-state index is -4.10. The van der Waals surface area contributed by atoms with Crippen molar-refractivity contribution in [2.24, 2.45) is 0 Å². The van der Waals surface area contributed by atoms with Gasteiger partial charge in [0.25, 0.3) is 0 Å². The van der Waals surface area contributed by atoms with Crippen LogP contribution in [0.2, 0.25) is 0 Å². The van der Waals surface area contributed by atoms with E-state index < -0.39 is 38.4 Å². The molecule has 2 aromatic carbocycles. The number of rotatable bonds is 8. The second-order valence-electron chi connectivity index (χ2n) is 6.47. The van der Waals surface area contributed by atoms with Crippen LogP contribution < -0.4 is 9.47 Å². The Hall–Kier alpha value is -4.75. The van der Waals surface area contributed by atoms with Gasteiger partial charge in [-0.05, 0) is 49.2 Å². The molecule has 0 atom stereocenters. The van der Waals surface area contributed by atoms with E-state index in [0.717, 1.165) is 11.1 Å². The summed E-state index contributed by atoms with van der Waals surface area (Å²) in [7, 11) is 0. The summed E-state index contributed by atoms with van der Waals surface area (Å²) in [4.78, 5) is 40.1. The van der Waals surface area contributed by atoms with Crippen molar-refractivity contribution in [1.82, 2.24) is 15.0 Å². The van der Waals surface area contributed by atoms with Crippen molar-refractivity contribution in [2.75, 3.05) is 0 Å². The summed E-state index contributed by atoms with van der Waals surface area (Å²) < 4.78 is 10.9. The summed E-state index contributed by atoms with van der Waals surface area (Å²) in [5, 5.41) is 34.4. The van der Waals surface area contributed by atoms with Crippen LogP contribution in [0.5, 0.6) is 23.5 Å². The molecule has 0 fully saturated rings.